The minimum absolute atomic E-state index is 0.0168. The van der Waals surface area contributed by atoms with Crippen LogP contribution in [0.1, 0.15) is 51.9 Å². The number of carboxylic acids is 1. The van der Waals surface area contributed by atoms with Crippen molar-refractivity contribution in [1.82, 2.24) is 10.6 Å². The van der Waals surface area contributed by atoms with Gasteiger partial charge in [-0.3, -0.25) is 0 Å². The molecule has 0 spiro atoms. The van der Waals surface area contributed by atoms with Crippen LogP contribution in [0, 0.1) is 5.92 Å². The van der Waals surface area contributed by atoms with Gasteiger partial charge in [0.05, 0.1) is 0 Å². The van der Waals surface area contributed by atoms with Crippen molar-refractivity contribution in [2.45, 2.75) is 64.0 Å². The number of urea groups is 1. The zero-order chi connectivity index (χ0) is 15.0. The zero-order valence-corrected chi connectivity index (χ0v) is 12.1. The number of hydrogen-bond acceptors (Lipinski definition) is 3. The van der Waals surface area contributed by atoms with E-state index in [1.54, 1.807) is 0 Å². The number of aliphatic hydroxyl groups is 1. The second-order valence-corrected chi connectivity index (χ2v) is 5.46. The summed E-state index contributed by atoms with van der Waals surface area (Å²) < 4.78 is 0. The third-order valence-electron chi connectivity index (χ3n) is 3.96. The number of hydrogen-bond donors (Lipinski definition) is 4. The molecule has 0 saturated heterocycles. The first kappa shape index (κ1) is 16.8. The van der Waals surface area contributed by atoms with Crippen LogP contribution >= 0.6 is 0 Å². The summed E-state index contributed by atoms with van der Waals surface area (Å²) in [6.07, 6.45) is 5.57. The molecule has 2 atom stereocenters. The van der Waals surface area contributed by atoms with Crippen LogP contribution in [0.15, 0.2) is 0 Å². The predicted octanol–water partition coefficient (Wildman–Crippen LogP) is 1.48. The first-order valence-corrected chi connectivity index (χ1v) is 7.49. The van der Waals surface area contributed by atoms with Gasteiger partial charge in [0.25, 0.3) is 0 Å². The second-order valence-electron chi connectivity index (χ2n) is 5.46. The van der Waals surface area contributed by atoms with Gasteiger partial charge in [0.2, 0.25) is 0 Å². The average Bonchev–Trinajstić information content (AvgIpc) is 2.45. The van der Waals surface area contributed by atoms with Gasteiger partial charge in [0.15, 0.2) is 6.10 Å². The highest BCUT2D eigenvalue weighted by Crippen LogP contribution is 2.27. The van der Waals surface area contributed by atoms with Crippen molar-refractivity contribution in [1.29, 1.82) is 0 Å². The van der Waals surface area contributed by atoms with Crippen LogP contribution in [0.2, 0.25) is 0 Å². The number of aliphatic hydroxyl groups excluding tert-OH is 1. The van der Waals surface area contributed by atoms with Gasteiger partial charge in [-0.25, -0.2) is 9.59 Å². The van der Waals surface area contributed by atoms with Crippen molar-refractivity contribution >= 4 is 12.0 Å². The lowest BCUT2D eigenvalue weighted by Crippen LogP contribution is -2.46. The maximum Gasteiger partial charge on any atom is 0.332 e. The van der Waals surface area contributed by atoms with E-state index in [4.69, 9.17) is 10.2 Å². The number of amides is 2. The molecule has 116 valence electrons. The molecule has 0 bridgehead atoms. The predicted molar refractivity (Wildman–Crippen MR) is 75.4 cm³/mol. The average molecular weight is 286 g/mol. The number of nitrogens with one attached hydrogen (secondary N) is 2. The normalized spacial score (nSPS) is 19.1. The molecule has 0 radical (unpaired) electrons. The summed E-state index contributed by atoms with van der Waals surface area (Å²) in [5.41, 5.74) is 0. The summed E-state index contributed by atoms with van der Waals surface area (Å²) in [5, 5.41) is 23.2. The third kappa shape index (κ3) is 5.77. The van der Waals surface area contributed by atoms with E-state index >= 15 is 0 Å². The van der Waals surface area contributed by atoms with E-state index in [2.05, 4.69) is 17.6 Å². The smallest absolute Gasteiger partial charge is 0.332 e. The van der Waals surface area contributed by atoms with Gasteiger partial charge in [-0.1, -0.05) is 26.2 Å². The van der Waals surface area contributed by atoms with Crippen LogP contribution in [0.25, 0.3) is 0 Å². The topological polar surface area (TPSA) is 98.7 Å². The van der Waals surface area contributed by atoms with Crippen LogP contribution in [0.5, 0.6) is 0 Å². The summed E-state index contributed by atoms with van der Waals surface area (Å²) in [4.78, 5) is 22.2. The molecule has 2 amide bonds. The van der Waals surface area contributed by atoms with Crippen LogP contribution in [0.4, 0.5) is 4.79 Å². The van der Waals surface area contributed by atoms with Crippen LogP contribution in [0.3, 0.4) is 0 Å². The molecule has 1 unspecified atom stereocenters. The van der Waals surface area contributed by atoms with E-state index in [1.807, 2.05) is 0 Å². The second kappa shape index (κ2) is 8.79. The van der Waals surface area contributed by atoms with Crippen molar-refractivity contribution in [2.24, 2.45) is 5.92 Å². The van der Waals surface area contributed by atoms with Gasteiger partial charge in [0.1, 0.15) is 0 Å². The lowest BCUT2D eigenvalue weighted by Gasteiger charge is -2.30. The summed E-state index contributed by atoms with van der Waals surface area (Å²) in [6.45, 7) is 2.22. The molecular weight excluding hydrogens is 260 g/mol. The van der Waals surface area contributed by atoms with E-state index < -0.39 is 12.1 Å². The summed E-state index contributed by atoms with van der Waals surface area (Å²) in [7, 11) is 0. The molecule has 0 aromatic rings. The Bertz CT molecular complexity index is 316. The fourth-order valence-corrected chi connectivity index (χ4v) is 2.76. The van der Waals surface area contributed by atoms with Crippen LogP contribution in [-0.2, 0) is 4.79 Å². The Hall–Kier alpha value is -1.30. The number of carbonyl (C=O) groups excluding carboxylic acids is 1. The molecule has 1 aliphatic rings. The number of carboxylic acid groups (broad SMARTS) is 1. The van der Waals surface area contributed by atoms with Crippen molar-refractivity contribution in [3.63, 3.8) is 0 Å². The Morgan fingerprint density at radius 1 is 1.25 bits per heavy atom. The minimum Gasteiger partial charge on any atom is -0.479 e. The fraction of sp³-hybridized carbons (Fsp3) is 0.857. The van der Waals surface area contributed by atoms with E-state index in [0.29, 0.717) is 5.92 Å². The van der Waals surface area contributed by atoms with Crippen molar-refractivity contribution in [2.75, 3.05) is 6.54 Å². The fourth-order valence-electron chi connectivity index (χ4n) is 2.76. The highest BCUT2D eigenvalue weighted by Gasteiger charge is 2.23. The number of rotatable bonds is 7. The molecule has 1 rings (SSSR count). The van der Waals surface area contributed by atoms with Crippen LogP contribution in [-0.4, -0.2) is 40.9 Å². The largest absolute Gasteiger partial charge is 0.479 e. The quantitative estimate of drug-likeness (QED) is 0.569. The van der Waals surface area contributed by atoms with Gasteiger partial charge in [-0.15, -0.1) is 0 Å². The van der Waals surface area contributed by atoms with E-state index in [0.717, 1.165) is 19.3 Å². The van der Waals surface area contributed by atoms with Gasteiger partial charge >= 0.3 is 12.0 Å². The number of carbonyl (C=O) groups is 2. The lowest BCUT2D eigenvalue weighted by molar-refractivity contribution is -0.146. The van der Waals surface area contributed by atoms with Gasteiger partial charge in [-0.2, -0.15) is 0 Å². The molecule has 1 aliphatic carbocycles. The van der Waals surface area contributed by atoms with Gasteiger partial charge in [-0.05, 0) is 25.2 Å². The monoisotopic (exact) mass is 286 g/mol. The molecular formula is C14H26N2O4. The summed E-state index contributed by atoms with van der Waals surface area (Å²) in [5.74, 6) is -0.718. The standard InChI is InChI=1S/C14H26N2O4/c1-2-11(10-6-4-3-5-7-10)16-14(20)15-9-8-12(17)13(18)19/h10-12,17H,2-9H2,1H3,(H,18,19)(H2,15,16,20)/t11?,12-/m0/s1. The SMILES string of the molecule is CCC(NC(=O)NCC[C@H](O)C(=O)O)C1CCCCC1. The van der Waals surface area contributed by atoms with Gasteiger partial charge in [0, 0.05) is 19.0 Å². The minimum atomic E-state index is -1.42. The summed E-state index contributed by atoms with van der Waals surface area (Å²) >= 11 is 0. The molecule has 0 aromatic heterocycles. The molecule has 20 heavy (non-hydrogen) atoms. The Balaban J connectivity index is 2.26. The first-order chi connectivity index (χ1) is 9.54. The summed E-state index contributed by atoms with van der Waals surface area (Å²) in [6, 6.07) is -0.0975. The maximum atomic E-state index is 11.8. The molecule has 6 heteroatoms. The van der Waals surface area contributed by atoms with E-state index in [-0.39, 0.29) is 25.0 Å². The maximum absolute atomic E-state index is 11.8. The number of aliphatic carboxylic acids is 1. The molecule has 0 aromatic carbocycles. The molecule has 6 nitrogen and oxygen atoms in total. The molecule has 0 heterocycles. The first-order valence-electron chi connectivity index (χ1n) is 7.49. The van der Waals surface area contributed by atoms with E-state index in [9.17, 15) is 9.59 Å². The van der Waals surface area contributed by atoms with Crippen LogP contribution < -0.4 is 10.6 Å². The molecule has 1 saturated carbocycles. The molecule has 4 N–H and O–H groups in total. The Kier molecular flexibility index (Phi) is 7.36. The van der Waals surface area contributed by atoms with Crippen molar-refractivity contribution < 1.29 is 19.8 Å². The Morgan fingerprint density at radius 3 is 2.45 bits per heavy atom. The zero-order valence-electron chi connectivity index (χ0n) is 12.1. The Morgan fingerprint density at radius 2 is 1.90 bits per heavy atom. The molecule has 0 aliphatic heterocycles. The lowest BCUT2D eigenvalue weighted by atomic mass is 9.83. The Labute approximate surface area is 119 Å². The van der Waals surface area contributed by atoms with Crippen molar-refractivity contribution in [3.05, 3.63) is 0 Å². The highest BCUT2D eigenvalue weighted by molar-refractivity contribution is 5.74. The highest BCUT2D eigenvalue weighted by atomic mass is 16.4. The van der Waals surface area contributed by atoms with E-state index in [1.165, 1.54) is 19.3 Å². The van der Waals surface area contributed by atoms with Gasteiger partial charge < -0.3 is 20.8 Å². The van der Waals surface area contributed by atoms with Crippen molar-refractivity contribution in [3.8, 4) is 0 Å². The third-order valence-corrected chi connectivity index (χ3v) is 3.96. The molecule has 1 fully saturated rings.